The standard InChI is InChI=1S/C36H44O6/c1-22(33(37)40-3)27-16-17-29-28-15-14-25-20-26(41-34(38)23-10-6-4-7-11-23)18-19-36(25,2)30(28)21-31(32(27)29)42-35(39)24-12-8-5-9-13-24/h4-13,22,25-32H,14-21H2,1-3H3/t22-,25-,26-,27+,28+,29-,30-,31+,32+,36+/m1/s1. The molecule has 0 spiro atoms. The maximum atomic E-state index is 13.4. The number of carbonyl (C=O) groups is 3. The van der Waals surface area contributed by atoms with Crippen molar-refractivity contribution in [2.24, 2.45) is 46.8 Å². The van der Waals surface area contributed by atoms with E-state index in [1.165, 1.54) is 7.11 Å². The van der Waals surface area contributed by atoms with Crippen LogP contribution in [0.15, 0.2) is 60.7 Å². The third-order valence-electron chi connectivity index (χ3n) is 11.8. The fourth-order valence-electron chi connectivity index (χ4n) is 9.65. The van der Waals surface area contributed by atoms with Crippen molar-refractivity contribution in [3.05, 3.63) is 71.8 Å². The Kier molecular flexibility index (Phi) is 8.17. The highest BCUT2D eigenvalue weighted by Crippen LogP contribution is 2.65. The molecule has 224 valence electrons. The van der Waals surface area contributed by atoms with Crippen molar-refractivity contribution in [2.45, 2.75) is 77.4 Å². The van der Waals surface area contributed by atoms with Gasteiger partial charge >= 0.3 is 17.9 Å². The van der Waals surface area contributed by atoms with E-state index >= 15 is 0 Å². The SMILES string of the molecule is COC(=O)[C@H](C)[C@@H]1CC[C@@H]2[C@@H]3CC[C@@H]4C[C@H](OC(=O)c5ccccc5)CC[C@]4(C)[C@@H]3C[C@H](OC(=O)c3ccccc3)[C@H]21. The monoisotopic (exact) mass is 572 g/mol. The summed E-state index contributed by atoms with van der Waals surface area (Å²) in [4.78, 5) is 38.9. The smallest absolute Gasteiger partial charge is 0.338 e. The largest absolute Gasteiger partial charge is 0.469 e. The fraction of sp³-hybridized carbons (Fsp3) is 0.583. The first kappa shape index (κ1) is 28.9. The zero-order chi connectivity index (χ0) is 29.4. The zero-order valence-corrected chi connectivity index (χ0v) is 25.1. The van der Waals surface area contributed by atoms with Gasteiger partial charge in [-0.3, -0.25) is 4.79 Å². The Balaban J connectivity index is 1.23. The first-order valence-corrected chi connectivity index (χ1v) is 15.9. The van der Waals surface area contributed by atoms with Gasteiger partial charge in [0, 0.05) is 5.92 Å². The number of benzene rings is 2. The third-order valence-corrected chi connectivity index (χ3v) is 11.8. The fourth-order valence-corrected chi connectivity index (χ4v) is 9.65. The van der Waals surface area contributed by atoms with Gasteiger partial charge in [0.15, 0.2) is 0 Å². The molecule has 0 aromatic heterocycles. The number of hydrogen-bond donors (Lipinski definition) is 0. The van der Waals surface area contributed by atoms with Crippen LogP contribution in [0.3, 0.4) is 0 Å². The summed E-state index contributed by atoms with van der Waals surface area (Å²) in [6.45, 7) is 4.43. The van der Waals surface area contributed by atoms with Crippen molar-refractivity contribution in [3.8, 4) is 0 Å². The van der Waals surface area contributed by atoms with E-state index in [4.69, 9.17) is 14.2 Å². The zero-order valence-electron chi connectivity index (χ0n) is 25.1. The van der Waals surface area contributed by atoms with Gasteiger partial charge in [0.05, 0.1) is 24.2 Å². The van der Waals surface area contributed by atoms with E-state index in [1.54, 1.807) is 0 Å². The summed E-state index contributed by atoms with van der Waals surface area (Å²) in [7, 11) is 1.46. The number of ether oxygens (including phenoxy) is 3. The molecule has 0 N–H and O–H groups in total. The topological polar surface area (TPSA) is 78.9 Å². The van der Waals surface area contributed by atoms with Crippen LogP contribution in [-0.2, 0) is 19.0 Å². The normalized spacial score (nSPS) is 36.0. The van der Waals surface area contributed by atoms with Gasteiger partial charge in [0.2, 0.25) is 0 Å². The van der Waals surface area contributed by atoms with Crippen LogP contribution >= 0.6 is 0 Å². The first-order valence-electron chi connectivity index (χ1n) is 15.9. The van der Waals surface area contributed by atoms with Gasteiger partial charge in [-0.05, 0) is 111 Å². The van der Waals surface area contributed by atoms with Crippen LogP contribution in [0.25, 0.3) is 0 Å². The Morgan fingerprint density at radius 2 is 1.40 bits per heavy atom. The molecule has 4 fully saturated rings. The lowest BCUT2D eigenvalue weighted by Crippen LogP contribution is -2.56. The van der Waals surface area contributed by atoms with E-state index in [9.17, 15) is 14.4 Å². The Morgan fingerprint density at radius 1 is 0.786 bits per heavy atom. The second-order valence-corrected chi connectivity index (χ2v) is 13.6. The molecule has 0 saturated heterocycles. The van der Waals surface area contributed by atoms with E-state index in [-0.39, 0.29) is 53.3 Å². The van der Waals surface area contributed by atoms with Gasteiger partial charge in [-0.1, -0.05) is 50.2 Å². The summed E-state index contributed by atoms with van der Waals surface area (Å²) in [5, 5.41) is 0. The van der Waals surface area contributed by atoms with Crippen LogP contribution in [0, 0.1) is 46.8 Å². The third kappa shape index (κ3) is 5.26. The predicted octanol–water partition coefficient (Wildman–Crippen LogP) is 7.13. The van der Waals surface area contributed by atoms with Gasteiger partial charge < -0.3 is 14.2 Å². The number of hydrogen-bond acceptors (Lipinski definition) is 6. The van der Waals surface area contributed by atoms with Crippen LogP contribution in [-0.4, -0.2) is 37.2 Å². The van der Waals surface area contributed by atoms with Gasteiger partial charge in [-0.15, -0.1) is 0 Å². The van der Waals surface area contributed by atoms with E-state index in [0.29, 0.717) is 34.8 Å². The molecule has 6 heteroatoms. The highest BCUT2D eigenvalue weighted by molar-refractivity contribution is 5.90. The van der Waals surface area contributed by atoms with Crippen LogP contribution in [0.4, 0.5) is 0 Å². The Bertz CT molecular complexity index is 1280. The maximum Gasteiger partial charge on any atom is 0.338 e. The molecule has 0 unspecified atom stereocenters. The average Bonchev–Trinajstić information content (AvgIpc) is 3.47. The second-order valence-electron chi connectivity index (χ2n) is 13.6. The van der Waals surface area contributed by atoms with E-state index in [0.717, 1.165) is 51.4 Å². The minimum atomic E-state index is -0.275. The molecule has 0 bridgehead atoms. The van der Waals surface area contributed by atoms with Crippen LogP contribution < -0.4 is 0 Å². The molecule has 4 aliphatic carbocycles. The summed E-state index contributed by atoms with van der Waals surface area (Å²) >= 11 is 0. The number of carbonyl (C=O) groups excluding carboxylic acids is 3. The summed E-state index contributed by atoms with van der Waals surface area (Å²) in [5.41, 5.74) is 1.28. The summed E-state index contributed by atoms with van der Waals surface area (Å²) in [5.74, 6) is 1.30. The molecule has 10 atom stereocenters. The number of methoxy groups -OCH3 is 1. The summed E-state index contributed by atoms with van der Waals surface area (Å²) in [6.07, 6.45) is 7.60. The minimum absolute atomic E-state index is 0.0628. The van der Waals surface area contributed by atoms with Crippen LogP contribution in [0.2, 0.25) is 0 Å². The van der Waals surface area contributed by atoms with Crippen molar-refractivity contribution in [1.29, 1.82) is 0 Å². The molecular formula is C36H44O6. The van der Waals surface area contributed by atoms with Crippen molar-refractivity contribution in [2.75, 3.05) is 7.11 Å². The summed E-state index contributed by atoms with van der Waals surface area (Å²) in [6, 6.07) is 18.5. The molecule has 2 aromatic carbocycles. The summed E-state index contributed by atoms with van der Waals surface area (Å²) < 4.78 is 17.6. The lowest BCUT2D eigenvalue weighted by Gasteiger charge is -2.60. The molecule has 6 nitrogen and oxygen atoms in total. The van der Waals surface area contributed by atoms with E-state index in [2.05, 4.69) is 6.92 Å². The molecule has 0 aliphatic heterocycles. The molecule has 42 heavy (non-hydrogen) atoms. The molecule has 6 rings (SSSR count). The molecule has 4 saturated carbocycles. The van der Waals surface area contributed by atoms with Crippen molar-refractivity contribution in [1.82, 2.24) is 0 Å². The Hall–Kier alpha value is -3.15. The second kappa shape index (κ2) is 11.9. The van der Waals surface area contributed by atoms with E-state index in [1.807, 2.05) is 67.6 Å². The highest BCUT2D eigenvalue weighted by Gasteiger charge is 2.61. The molecule has 0 heterocycles. The van der Waals surface area contributed by atoms with Crippen LogP contribution in [0.5, 0.6) is 0 Å². The lowest BCUT2D eigenvalue weighted by atomic mass is 9.46. The van der Waals surface area contributed by atoms with Crippen molar-refractivity contribution in [3.63, 3.8) is 0 Å². The Morgan fingerprint density at radius 3 is 2.05 bits per heavy atom. The quantitative estimate of drug-likeness (QED) is 0.271. The van der Waals surface area contributed by atoms with Crippen molar-refractivity contribution < 1.29 is 28.6 Å². The maximum absolute atomic E-state index is 13.4. The number of esters is 3. The molecular weight excluding hydrogens is 528 g/mol. The van der Waals surface area contributed by atoms with Crippen molar-refractivity contribution >= 4 is 17.9 Å². The minimum Gasteiger partial charge on any atom is -0.469 e. The first-order chi connectivity index (χ1) is 20.3. The average molecular weight is 573 g/mol. The number of fused-ring (bicyclic) bond motifs is 5. The van der Waals surface area contributed by atoms with E-state index < -0.39 is 0 Å². The number of rotatable bonds is 6. The Labute approximate surface area is 249 Å². The molecule has 4 aliphatic rings. The highest BCUT2D eigenvalue weighted by atomic mass is 16.5. The molecule has 0 radical (unpaired) electrons. The lowest BCUT2D eigenvalue weighted by molar-refractivity contribution is -0.155. The van der Waals surface area contributed by atoms with Gasteiger partial charge in [0.1, 0.15) is 12.2 Å². The van der Waals surface area contributed by atoms with Gasteiger partial charge in [-0.2, -0.15) is 0 Å². The molecule has 2 aromatic rings. The van der Waals surface area contributed by atoms with Gasteiger partial charge in [0.25, 0.3) is 0 Å². The van der Waals surface area contributed by atoms with Gasteiger partial charge in [-0.25, -0.2) is 9.59 Å². The molecule has 0 amide bonds. The van der Waals surface area contributed by atoms with Crippen LogP contribution in [0.1, 0.15) is 85.9 Å². The predicted molar refractivity (Wildman–Crippen MR) is 158 cm³/mol.